The predicted octanol–water partition coefficient (Wildman–Crippen LogP) is 3.82. The average Bonchev–Trinajstić information content (AvgIpc) is 2.63. The second-order valence-corrected chi connectivity index (χ2v) is 6.13. The van der Waals surface area contributed by atoms with Crippen LogP contribution in [-0.2, 0) is 4.79 Å². The lowest BCUT2D eigenvalue weighted by Gasteiger charge is -2.20. The minimum Gasteiger partial charge on any atom is -0.483 e. The molecular weight excluding hydrogens is 382 g/mol. The molecule has 132 valence electrons. The van der Waals surface area contributed by atoms with Crippen molar-refractivity contribution >= 4 is 33.7 Å². The summed E-state index contributed by atoms with van der Waals surface area (Å²) in [7, 11) is 0. The Kier molecular flexibility index (Phi) is 7.47. The van der Waals surface area contributed by atoms with E-state index in [2.05, 4.69) is 45.2 Å². The zero-order valence-corrected chi connectivity index (χ0v) is 16.0. The van der Waals surface area contributed by atoms with Crippen molar-refractivity contribution in [2.24, 2.45) is 5.10 Å². The minimum absolute atomic E-state index is 0.0964. The van der Waals surface area contributed by atoms with Crippen molar-refractivity contribution in [1.29, 1.82) is 0 Å². The maximum absolute atomic E-state index is 11.8. The number of nitrogens with one attached hydrogen (secondary N) is 1. The molecule has 25 heavy (non-hydrogen) atoms. The molecule has 0 fully saturated rings. The highest BCUT2D eigenvalue weighted by molar-refractivity contribution is 9.10. The highest BCUT2D eigenvalue weighted by Gasteiger charge is 2.04. The number of carbonyl (C=O) groups excluding carboxylic acids is 1. The second-order valence-electron chi connectivity index (χ2n) is 5.28. The van der Waals surface area contributed by atoms with E-state index in [1.165, 1.54) is 5.69 Å². The number of nitrogens with zero attached hydrogens (tertiary/aromatic N) is 2. The first-order chi connectivity index (χ1) is 12.1. The van der Waals surface area contributed by atoms with Gasteiger partial charge in [-0.15, -0.1) is 0 Å². The molecule has 0 saturated carbocycles. The molecule has 1 amide bonds. The van der Waals surface area contributed by atoms with Crippen LogP contribution in [0.15, 0.2) is 58.1 Å². The van der Waals surface area contributed by atoms with Gasteiger partial charge in [-0.3, -0.25) is 4.79 Å². The molecule has 2 aromatic carbocycles. The molecule has 0 unspecified atom stereocenters. The molecule has 0 atom stereocenters. The fourth-order valence-electron chi connectivity index (χ4n) is 2.28. The van der Waals surface area contributed by atoms with Crippen LogP contribution in [0.3, 0.4) is 0 Å². The van der Waals surface area contributed by atoms with Gasteiger partial charge in [0.1, 0.15) is 5.75 Å². The second kappa shape index (κ2) is 9.84. The molecule has 1 N–H and O–H groups in total. The number of hydrogen-bond acceptors (Lipinski definition) is 4. The van der Waals surface area contributed by atoms with Gasteiger partial charge in [-0.25, -0.2) is 5.43 Å². The first-order valence-electron chi connectivity index (χ1n) is 8.18. The number of hydrazone groups is 1. The van der Waals surface area contributed by atoms with Crippen LogP contribution in [0.5, 0.6) is 5.75 Å². The van der Waals surface area contributed by atoms with Crippen molar-refractivity contribution < 1.29 is 9.53 Å². The zero-order valence-electron chi connectivity index (χ0n) is 14.4. The predicted molar refractivity (Wildman–Crippen MR) is 105 cm³/mol. The van der Waals surface area contributed by atoms with Gasteiger partial charge < -0.3 is 9.64 Å². The van der Waals surface area contributed by atoms with Crippen molar-refractivity contribution in [1.82, 2.24) is 5.43 Å². The lowest BCUT2D eigenvalue weighted by molar-refractivity contribution is -0.123. The van der Waals surface area contributed by atoms with Crippen molar-refractivity contribution in [2.75, 3.05) is 24.6 Å². The Hall–Kier alpha value is -2.34. The number of para-hydroxylation sites is 1. The molecule has 2 aromatic rings. The van der Waals surface area contributed by atoms with E-state index in [1.54, 1.807) is 12.3 Å². The lowest BCUT2D eigenvalue weighted by atomic mass is 10.2. The molecule has 0 saturated heterocycles. The van der Waals surface area contributed by atoms with E-state index < -0.39 is 0 Å². The maximum atomic E-state index is 11.8. The summed E-state index contributed by atoms with van der Waals surface area (Å²) in [4.78, 5) is 14.0. The van der Waals surface area contributed by atoms with Crippen LogP contribution in [0.4, 0.5) is 5.69 Å². The van der Waals surface area contributed by atoms with Crippen molar-refractivity contribution in [3.8, 4) is 5.75 Å². The molecule has 0 radical (unpaired) electrons. The Balaban J connectivity index is 1.82. The van der Waals surface area contributed by atoms with Crippen LogP contribution in [0.1, 0.15) is 19.4 Å². The van der Waals surface area contributed by atoms with E-state index in [1.807, 2.05) is 42.5 Å². The summed E-state index contributed by atoms with van der Waals surface area (Å²) < 4.78 is 6.23. The molecule has 0 bridgehead atoms. The number of hydrogen-bond donors (Lipinski definition) is 1. The van der Waals surface area contributed by atoms with Crippen molar-refractivity contribution in [3.63, 3.8) is 0 Å². The number of halogens is 1. The van der Waals surface area contributed by atoms with E-state index in [9.17, 15) is 4.79 Å². The average molecular weight is 404 g/mol. The quantitative estimate of drug-likeness (QED) is 0.538. The molecule has 0 spiro atoms. The van der Waals surface area contributed by atoms with Gasteiger partial charge in [-0.05, 0) is 59.6 Å². The molecular formula is C19H22BrN3O2. The van der Waals surface area contributed by atoms with Crippen LogP contribution in [0.2, 0.25) is 0 Å². The molecule has 0 aromatic heterocycles. The highest BCUT2D eigenvalue weighted by Crippen LogP contribution is 2.23. The molecule has 2 rings (SSSR count). The van der Waals surface area contributed by atoms with E-state index in [4.69, 9.17) is 4.74 Å². The third-order valence-electron chi connectivity index (χ3n) is 3.62. The number of benzene rings is 2. The maximum Gasteiger partial charge on any atom is 0.277 e. The Bertz CT molecular complexity index is 713. The molecule has 0 heterocycles. The van der Waals surface area contributed by atoms with Crippen molar-refractivity contribution in [3.05, 3.63) is 58.6 Å². The van der Waals surface area contributed by atoms with Crippen LogP contribution < -0.4 is 15.1 Å². The normalized spacial score (nSPS) is 10.7. The van der Waals surface area contributed by atoms with Gasteiger partial charge in [0.2, 0.25) is 0 Å². The van der Waals surface area contributed by atoms with Gasteiger partial charge in [0.05, 0.1) is 10.7 Å². The number of carbonyl (C=O) groups is 1. The molecule has 0 aliphatic carbocycles. The number of ether oxygens (including phenoxy) is 1. The molecule has 0 aliphatic rings. The lowest BCUT2D eigenvalue weighted by Crippen LogP contribution is -2.24. The van der Waals surface area contributed by atoms with Gasteiger partial charge in [-0.2, -0.15) is 5.10 Å². The third kappa shape index (κ3) is 5.90. The Labute approximate surface area is 156 Å². The Morgan fingerprint density at radius 2 is 1.84 bits per heavy atom. The number of amides is 1. The Morgan fingerprint density at radius 1 is 1.16 bits per heavy atom. The summed E-state index contributed by atoms with van der Waals surface area (Å²) in [5.41, 5.74) is 4.55. The number of anilines is 1. The monoisotopic (exact) mass is 403 g/mol. The fraction of sp³-hybridized carbons (Fsp3) is 0.263. The van der Waals surface area contributed by atoms with Crippen LogP contribution in [-0.4, -0.2) is 31.8 Å². The summed E-state index contributed by atoms with van der Waals surface area (Å²) in [5, 5.41) is 3.96. The largest absolute Gasteiger partial charge is 0.483 e. The minimum atomic E-state index is -0.313. The molecule has 0 aliphatic heterocycles. The number of rotatable bonds is 8. The van der Waals surface area contributed by atoms with E-state index >= 15 is 0 Å². The molecule has 5 nitrogen and oxygen atoms in total. The van der Waals surface area contributed by atoms with Crippen LogP contribution >= 0.6 is 15.9 Å². The van der Waals surface area contributed by atoms with Gasteiger partial charge in [0.25, 0.3) is 5.91 Å². The van der Waals surface area contributed by atoms with Gasteiger partial charge in [0.15, 0.2) is 6.61 Å². The summed E-state index contributed by atoms with van der Waals surface area (Å²) in [6.07, 6.45) is 1.61. The first-order valence-corrected chi connectivity index (χ1v) is 8.97. The highest BCUT2D eigenvalue weighted by atomic mass is 79.9. The Morgan fingerprint density at radius 3 is 2.48 bits per heavy atom. The molecule has 6 heteroatoms. The van der Waals surface area contributed by atoms with Gasteiger partial charge >= 0.3 is 0 Å². The van der Waals surface area contributed by atoms with Crippen LogP contribution in [0.25, 0.3) is 0 Å². The smallest absolute Gasteiger partial charge is 0.277 e. The first kappa shape index (κ1) is 19.0. The van der Waals surface area contributed by atoms with E-state index in [0.29, 0.717) is 5.75 Å². The van der Waals surface area contributed by atoms with E-state index in [0.717, 1.165) is 23.1 Å². The standard InChI is InChI=1S/C19H22BrN3O2/c1-3-23(4-2)16-11-9-15(10-12-16)13-21-22-19(24)14-25-18-8-6-5-7-17(18)20/h5-13H,3-4,14H2,1-2H3,(H,22,24)/b21-13-. The SMILES string of the molecule is CCN(CC)c1ccc(/C=N\NC(=O)COc2ccccc2Br)cc1. The topological polar surface area (TPSA) is 53.9 Å². The van der Waals surface area contributed by atoms with Crippen molar-refractivity contribution in [2.45, 2.75) is 13.8 Å². The summed E-state index contributed by atoms with van der Waals surface area (Å²) in [5.74, 6) is 0.306. The van der Waals surface area contributed by atoms with Gasteiger partial charge in [0, 0.05) is 18.8 Å². The van der Waals surface area contributed by atoms with Gasteiger partial charge in [-0.1, -0.05) is 24.3 Å². The van der Waals surface area contributed by atoms with Crippen LogP contribution in [0, 0.1) is 0 Å². The summed E-state index contributed by atoms with van der Waals surface area (Å²) >= 11 is 3.37. The third-order valence-corrected chi connectivity index (χ3v) is 4.28. The van der Waals surface area contributed by atoms with E-state index in [-0.39, 0.29) is 12.5 Å². The zero-order chi connectivity index (χ0) is 18.1. The summed E-state index contributed by atoms with van der Waals surface area (Å²) in [6, 6.07) is 15.4. The fourth-order valence-corrected chi connectivity index (χ4v) is 2.68. The summed E-state index contributed by atoms with van der Waals surface area (Å²) in [6.45, 7) is 6.10.